The minimum Gasteiger partial charge on any atom is -0.383 e. The Kier molecular flexibility index (Phi) is 5.15. The zero-order valence-electron chi connectivity index (χ0n) is 10.9. The molecule has 2 aromatic rings. The number of thioether (sulfide) groups is 1. The summed E-state index contributed by atoms with van der Waals surface area (Å²) in [5, 5.41) is 1.66. The number of methoxy groups -OCH3 is 1. The molecule has 5 heteroatoms. The van der Waals surface area contributed by atoms with Crippen LogP contribution in [0, 0.1) is 11.8 Å². The first-order valence-electron chi connectivity index (χ1n) is 5.93. The highest BCUT2D eigenvalue weighted by molar-refractivity contribution is 7.99. The van der Waals surface area contributed by atoms with Crippen molar-refractivity contribution >= 4 is 34.4 Å². The number of imidazole rings is 1. The van der Waals surface area contributed by atoms with Crippen LogP contribution in [0.25, 0.3) is 11.0 Å². The van der Waals surface area contributed by atoms with Crippen LogP contribution < -0.4 is 0 Å². The maximum absolute atomic E-state index is 6.01. The largest absolute Gasteiger partial charge is 0.383 e. The number of benzene rings is 1. The van der Waals surface area contributed by atoms with Gasteiger partial charge in [0.15, 0.2) is 5.16 Å². The monoisotopic (exact) mass is 294 g/mol. The molecule has 0 unspecified atom stereocenters. The fraction of sp³-hybridized carbons (Fsp3) is 0.357. The average Bonchev–Trinajstić information content (AvgIpc) is 2.73. The van der Waals surface area contributed by atoms with Crippen molar-refractivity contribution < 1.29 is 4.74 Å². The molecule has 100 valence electrons. The molecule has 0 aliphatic carbocycles. The van der Waals surface area contributed by atoms with Crippen molar-refractivity contribution in [2.24, 2.45) is 0 Å². The van der Waals surface area contributed by atoms with E-state index in [1.807, 2.05) is 25.1 Å². The molecule has 3 nitrogen and oxygen atoms in total. The number of rotatable bonds is 5. The molecule has 0 aliphatic heterocycles. The Labute approximate surface area is 122 Å². The van der Waals surface area contributed by atoms with Crippen molar-refractivity contribution in [3.8, 4) is 11.8 Å². The second kappa shape index (κ2) is 6.85. The van der Waals surface area contributed by atoms with Crippen molar-refractivity contribution in [1.82, 2.24) is 9.55 Å². The van der Waals surface area contributed by atoms with Crippen molar-refractivity contribution in [3.63, 3.8) is 0 Å². The van der Waals surface area contributed by atoms with Gasteiger partial charge in [-0.1, -0.05) is 29.3 Å². The lowest BCUT2D eigenvalue weighted by Gasteiger charge is -2.07. The standard InChI is InChI=1S/C14H15ClN2OS/c1-3-4-9-19-14-16-12-10-11(15)5-6-13(12)17(14)7-8-18-2/h5-6,10H,7-9H2,1-2H3. The topological polar surface area (TPSA) is 27.1 Å². The summed E-state index contributed by atoms with van der Waals surface area (Å²) >= 11 is 7.64. The Hall–Kier alpha value is -1.15. The SMILES string of the molecule is CC#CCSc1nc2cc(Cl)ccc2n1CCOC. The van der Waals surface area contributed by atoms with Crippen molar-refractivity contribution in [2.75, 3.05) is 19.5 Å². The Morgan fingerprint density at radius 1 is 1.47 bits per heavy atom. The lowest BCUT2D eigenvalue weighted by molar-refractivity contribution is 0.186. The molecule has 0 bridgehead atoms. The zero-order valence-corrected chi connectivity index (χ0v) is 12.5. The molecule has 1 heterocycles. The highest BCUT2D eigenvalue weighted by Crippen LogP contribution is 2.26. The molecule has 2 rings (SSSR count). The minimum absolute atomic E-state index is 0.654. The van der Waals surface area contributed by atoms with E-state index in [2.05, 4.69) is 21.4 Å². The number of fused-ring (bicyclic) bond motifs is 1. The van der Waals surface area contributed by atoms with Gasteiger partial charge in [-0.25, -0.2) is 4.98 Å². The van der Waals surface area contributed by atoms with Gasteiger partial charge in [0.25, 0.3) is 0 Å². The van der Waals surface area contributed by atoms with Crippen LogP contribution in [0.3, 0.4) is 0 Å². The number of nitrogens with zero attached hydrogens (tertiary/aromatic N) is 2. The summed E-state index contributed by atoms with van der Waals surface area (Å²) in [6, 6.07) is 5.76. The van der Waals surface area contributed by atoms with Gasteiger partial charge in [0.1, 0.15) is 0 Å². The van der Waals surface area contributed by atoms with E-state index in [1.54, 1.807) is 18.9 Å². The van der Waals surface area contributed by atoms with Crippen molar-refractivity contribution in [3.05, 3.63) is 23.2 Å². The summed E-state index contributed by atoms with van der Waals surface area (Å²) < 4.78 is 7.31. The van der Waals surface area contributed by atoms with Crippen LogP contribution in [0.5, 0.6) is 0 Å². The number of ether oxygens (including phenoxy) is 1. The first-order valence-corrected chi connectivity index (χ1v) is 7.29. The molecule has 0 amide bonds. The summed E-state index contributed by atoms with van der Waals surface area (Å²) in [5.74, 6) is 6.66. The maximum atomic E-state index is 6.01. The molecule has 0 saturated heterocycles. The van der Waals surface area contributed by atoms with Gasteiger partial charge >= 0.3 is 0 Å². The predicted octanol–water partition coefficient (Wildman–Crippen LogP) is 3.45. The fourth-order valence-corrected chi connectivity index (χ4v) is 2.78. The van der Waals surface area contributed by atoms with Crippen LogP contribution >= 0.6 is 23.4 Å². The lowest BCUT2D eigenvalue weighted by atomic mass is 10.3. The molecule has 0 spiro atoms. The fourth-order valence-electron chi connectivity index (χ4n) is 1.76. The van der Waals surface area contributed by atoms with Gasteiger partial charge in [-0.05, 0) is 25.1 Å². The Balaban J connectivity index is 2.37. The Bertz CT molecular complexity index is 627. The van der Waals surface area contributed by atoms with Crippen LogP contribution in [0.15, 0.2) is 23.4 Å². The molecule has 0 radical (unpaired) electrons. The number of aromatic nitrogens is 2. The minimum atomic E-state index is 0.654. The third kappa shape index (κ3) is 3.44. The van der Waals surface area contributed by atoms with E-state index in [0.29, 0.717) is 11.6 Å². The highest BCUT2D eigenvalue weighted by atomic mass is 35.5. The van der Waals surface area contributed by atoms with E-state index in [9.17, 15) is 0 Å². The highest BCUT2D eigenvalue weighted by Gasteiger charge is 2.11. The zero-order chi connectivity index (χ0) is 13.7. The van der Waals surface area contributed by atoms with Crippen molar-refractivity contribution in [1.29, 1.82) is 0 Å². The van der Waals surface area contributed by atoms with Gasteiger partial charge in [0, 0.05) is 18.7 Å². The first kappa shape index (κ1) is 14.3. The molecule has 1 aromatic carbocycles. The van der Waals surface area contributed by atoms with E-state index in [4.69, 9.17) is 16.3 Å². The van der Waals surface area contributed by atoms with Gasteiger partial charge in [-0.3, -0.25) is 0 Å². The van der Waals surface area contributed by atoms with Crippen molar-refractivity contribution in [2.45, 2.75) is 18.6 Å². The van der Waals surface area contributed by atoms with E-state index in [0.717, 1.165) is 28.5 Å². The lowest BCUT2D eigenvalue weighted by Crippen LogP contribution is -2.05. The van der Waals surface area contributed by atoms with Crippen LogP contribution in [0.4, 0.5) is 0 Å². The summed E-state index contributed by atoms with van der Waals surface area (Å²) in [6.45, 7) is 3.27. The number of hydrogen-bond acceptors (Lipinski definition) is 3. The second-order valence-electron chi connectivity index (χ2n) is 3.89. The number of hydrogen-bond donors (Lipinski definition) is 0. The third-order valence-corrected chi connectivity index (χ3v) is 3.74. The van der Waals surface area contributed by atoms with E-state index < -0.39 is 0 Å². The molecule has 0 aliphatic rings. The van der Waals surface area contributed by atoms with Gasteiger partial charge in [-0.2, -0.15) is 0 Å². The van der Waals surface area contributed by atoms with Crippen LogP contribution in [0.2, 0.25) is 5.02 Å². The maximum Gasteiger partial charge on any atom is 0.170 e. The molecular formula is C14H15ClN2OS. The van der Waals surface area contributed by atoms with Crippen LogP contribution in [0.1, 0.15) is 6.92 Å². The van der Waals surface area contributed by atoms with Crippen LogP contribution in [-0.4, -0.2) is 29.0 Å². The molecule has 19 heavy (non-hydrogen) atoms. The van der Waals surface area contributed by atoms with Gasteiger partial charge < -0.3 is 9.30 Å². The smallest absolute Gasteiger partial charge is 0.170 e. The van der Waals surface area contributed by atoms with E-state index in [1.165, 1.54) is 0 Å². The summed E-state index contributed by atoms with van der Waals surface area (Å²) in [5.41, 5.74) is 1.99. The van der Waals surface area contributed by atoms with Gasteiger partial charge in [-0.15, -0.1) is 5.92 Å². The summed E-state index contributed by atoms with van der Waals surface area (Å²) in [4.78, 5) is 4.62. The molecular weight excluding hydrogens is 280 g/mol. The first-order chi connectivity index (χ1) is 9.26. The van der Waals surface area contributed by atoms with Gasteiger partial charge in [0.2, 0.25) is 0 Å². The predicted molar refractivity (Wildman–Crippen MR) is 80.8 cm³/mol. The van der Waals surface area contributed by atoms with E-state index in [-0.39, 0.29) is 0 Å². The molecule has 1 aromatic heterocycles. The molecule has 0 atom stereocenters. The number of halogens is 1. The normalized spacial score (nSPS) is 10.5. The quantitative estimate of drug-likeness (QED) is 0.624. The summed E-state index contributed by atoms with van der Waals surface area (Å²) in [7, 11) is 1.70. The Morgan fingerprint density at radius 2 is 2.32 bits per heavy atom. The average molecular weight is 295 g/mol. The Morgan fingerprint density at radius 3 is 3.05 bits per heavy atom. The molecule has 0 N–H and O–H groups in total. The van der Waals surface area contributed by atoms with Gasteiger partial charge in [0.05, 0.1) is 23.4 Å². The third-order valence-electron chi connectivity index (χ3n) is 2.64. The molecule has 0 saturated carbocycles. The second-order valence-corrected chi connectivity index (χ2v) is 5.27. The van der Waals surface area contributed by atoms with E-state index >= 15 is 0 Å². The molecule has 0 fully saturated rings. The van der Waals surface area contributed by atoms with Crippen LogP contribution in [-0.2, 0) is 11.3 Å². The summed E-state index contributed by atoms with van der Waals surface area (Å²) in [6.07, 6.45) is 0.